The first-order valence-electron chi connectivity index (χ1n) is 17.3. The second kappa shape index (κ2) is 15.9. The highest BCUT2D eigenvalue weighted by Crippen LogP contribution is 2.33. The summed E-state index contributed by atoms with van der Waals surface area (Å²) in [5.74, 6) is -2.06. The SMILES string of the molecule is CCn1nccc1C(=O)NC(C(=O)Nc1ccc(C(C)C(NC(=O)CC2CC2)C(=O)N2CCN(C)CC2)cc1F)C1CCCCCC1. The van der Waals surface area contributed by atoms with Gasteiger partial charge in [-0.15, -0.1) is 0 Å². The van der Waals surface area contributed by atoms with Crippen LogP contribution in [0.4, 0.5) is 10.1 Å². The van der Waals surface area contributed by atoms with Gasteiger partial charge in [0.15, 0.2) is 0 Å². The molecule has 1 aliphatic heterocycles. The predicted octanol–water partition coefficient (Wildman–Crippen LogP) is 3.91. The standard InChI is InChI=1S/C35H50FN7O4/c1-4-43-29(15-16-37-43)33(45)40-32(25-9-7-5-6-8-10-25)34(46)38-28-14-13-26(22-27(28)36)23(2)31(39-30(44)21-24-11-12-24)35(47)42-19-17-41(3)18-20-42/h13-16,22-25,31-32H,4-12,17-21H2,1-3H3,(H,38,46)(H,39,44)(H,40,45). The van der Waals surface area contributed by atoms with Crippen molar-refractivity contribution in [3.8, 4) is 0 Å². The van der Waals surface area contributed by atoms with Gasteiger partial charge >= 0.3 is 0 Å². The Morgan fingerprint density at radius 2 is 1.66 bits per heavy atom. The zero-order valence-electron chi connectivity index (χ0n) is 28.0. The average molecular weight is 652 g/mol. The lowest BCUT2D eigenvalue weighted by atomic mass is 9.90. The number of hydrogen-bond donors (Lipinski definition) is 3. The zero-order valence-corrected chi connectivity index (χ0v) is 28.0. The number of carbonyl (C=O) groups excluding carboxylic acids is 4. The minimum Gasteiger partial charge on any atom is -0.344 e. The summed E-state index contributed by atoms with van der Waals surface area (Å²) in [6, 6.07) is 4.47. The molecule has 3 N–H and O–H groups in total. The molecular formula is C35H50FN7O4. The second-order valence-electron chi connectivity index (χ2n) is 13.6. The number of hydrogen-bond acceptors (Lipinski definition) is 6. The van der Waals surface area contributed by atoms with Crippen molar-refractivity contribution in [2.45, 2.75) is 96.2 Å². The number of amides is 4. The summed E-state index contributed by atoms with van der Waals surface area (Å²) < 4.78 is 17.3. The van der Waals surface area contributed by atoms with Gasteiger partial charge in [-0.2, -0.15) is 5.10 Å². The average Bonchev–Trinajstić information content (AvgIpc) is 3.81. The van der Waals surface area contributed by atoms with E-state index in [0.29, 0.717) is 43.2 Å². The maximum Gasteiger partial charge on any atom is 0.270 e. The van der Waals surface area contributed by atoms with Crippen molar-refractivity contribution in [2.24, 2.45) is 11.8 Å². The van der Waals surface area contributed by atoms with Crippen molar-refractivity contribution in [3.05, 3.63) is 47.5 Å². The molecule has 12 heteroatoms. The van der Waals surface area contributed by atoms with E-state index >= 15 is 4.39 Å². The van der Waals surface area contributed by atoms with Crippen LogP contribution in [0.1, 0.15) is 93.6 Å². The van der Waals surface area contributed by atoms with Crippen molar-refractivity contribution in [3.63, 3.8) is 0 Å². The first kappa shape index (κ1) is 34.5. The van der Waals surface area contributed by atoms with E-state index in [1.54, 1.807) is 27.9 Å². The van der Waals surface area contributed by atoms with E-state index in [4.69, 9.17) is 0 Å². The van der Waals surface area contributed by atoms with Crippen LogP contribution in [0.5, 0.6) is 0 Å². The van der Waals surface area contributed by atoms with E-state index in [0.717, 1.165) is 64.5 Å². The number of anilines is 1. The van der Waals surface area contributed by atoms with Crippen LogP contribution in [-0.2, 0) is 20.9 Å². The minimum atomic E-state index is -0.842. The molecule has 3 unspecified atom stereocenters. The van der Waals surface area contributed by atoms with Gasteiger partial charge in [-0.25, -0.2) is 4.39 Å². The topological polar surface area (TPSA) is 129 Å². The molecule has 11 nitrogen and oxygen atoms in total. The van der Waals surface area contributed by atoms with E-state index in [1.807, 2.05) is 20.9 Å². The van der Waals surface area contributed by atoms with Crippen LogP contribution in [0.2, 0.25) is 0 Å². The van der Waals surface area contributed by atoms with Gasteiger partial charge in [0.2, 0.25) is 17.7 Å². The van der Waals surface area contributed by atoms with Gasteiger partial charge in [-0.1, -0.05) is 38.7 Å². The smallest absolute Gasteiger partial charge is 0.270 e. The molecule has 2 saturated carbocycles. The molecule has 1 aromatic carbocycles. The monoisotopic (exact) mass is 651 g/mol. The number of halogens is 1. The first-order valence-corrected chi connectivity index (χ1v) is 17.3. The van der Waals surface area contributed by atoms with Crippen LogP contribution in [0.15, 0.2) is 30.5 Å². The molecule has 2 aromatic rings. The number of carbonyl (C=O) groups is 4. The Kier molecular flexibility index (Phi) is 11.7. The fraction of sp³-hybridized carbons (Fsp3) is 0.629. The molecule has 3 aliphatic rings. The van der Waals surface area contributed by atoms with E-state index in [2.05, 4.69) is 25.9 Å². The Hall–Kier alpha value is -3.80. The van der Waals surface area contributed by atoms with Crippen LogP contribution in [0.3, 0.4) is 0 Å². The normalized spacial score (nSPS) is 19.7. The van der Waals surface area contributed by atoms with Gasteiger partial charge in [0.1, 0.15) is 23.6 Å². The quantitative estimate of drug-likeness (QED) is 0.299. The largest absolute Gasteiger partial charge is 0.344 e. The molecule has 256 valence electrons. The highest BCUT2D eigenvalue weighted by molar-refractivity contribution is 6.00. The molecular weight excluding hydrogens is 601 g/mol. The summed E-state index contributed by atoms with van der Waals surface area (Å²) in [4.78, 5) is 57.5. The Balaban J connectivity index is 1.32. The van der Waals surface area contributed by atoms with Crippen LogP contribution >= 0.6 is 0 Å². The van der Waals surface area contributed by atoms with E-state index in [1.165, 1.54) is 12.1 Å². The van der Waals surface area contributed by atoms with Crippen LogP contribution < -0.4 is 16.0 Å². The van der Waals surface area contributed by atoms with Crippen LogP contribution in [-0.4, -0.2) is 88.5 Å². The summed E-state index contributed by atoms with van der Waals surface area (Å²) in [5.41, 5.74) is 0.909. The number of rotatable bonds is 12. The van der Waals surface area contributed by atoms with Gasteiger partial charge in [-0.05, 0) is 75.3 Å². The van der Waals surface area contributed by atoms with Crippen molar-refractivity contribution in [2.75, 3.05) is 38.5 Å². The van der Waals surface area contributed by atoms with Crippen LogP contribution in [0.25, 0.3) is 0 Å². The van der Waals surface area contributed by atoms with Crippen molar-refractivity contribution < 1.29 is 23.6 Å². The summed E-state index contributed by atoms with van der Waals surface area (Å²) >= 11 is 0. The number of benzene rings is 1. The Morgan fingerprint density at radius 1 is 0.957 bits per heavy atom. The number of nitrogens with one attached hydrogen (secondary N) is 3. The minimum absolute atomic E-state index is 0.00265. The molecule has 4 amide bonds. The number of piperazine rings is 1. The number of aryl methyl sites for hydroxylation is 1. The van der Waals surface area contributed by atoms with Gasteiger partial charge < -0.3 is 25.8 Å². The molecule has 0 bridgehead atoms. The number of nitrogens with zero attached hydrogens (tertiary/aromatic N) is 4. The molecule has 3 atom stereocenters. The summed E-state index contributed by atoms with van der Waals surface area (Å²) in [6.07, 6.45) is 9.65. The highest BCUT2D eigenvalue weighted by Gasteiger charge is 2.35. The molecule has 3 fully saturated rings. The number of aromatic nitrogens is 2. The predicted molar refractivity (Wildman–Crippen MR) is 177 cm³/mol. The Labute approximate surface area is 277 Å². The molecule has 47 heavy (non-hydrogen) atoms. The summed E-state index contributed by atoms with van der Waals surface area (Å²) in [7, 11) is 2.01. The van der Waals surface area contributed by atoms with Gasteiger partial charge in [-0.3, -0.25) is 23.9 Å². The lowest BCUT2D eigenvalue weighted by Crippen LogP contribution is -2.55. The van der Waals surface area contributed by atoms with E-state index in [9.17, 15) is 19.2 Å². The van der Waals surface area contributed by atoms with Gasteiger partial charge in [0.25, 0.3) is 5.91 Å². The lowest BCUT2D eigenvalue weighted by molar-refractivity contribution is -0.138. The fourth-order valence-corrected chi connectivity index (χ4v) is 6.79. The Morgan fingerprint density at radius 3 is 2.30 bits per heavy atom. The van der Waals surface area contributed by atoms with Gasteiger partial charge in [0.05, 0.1) is 5.69 Å². The van der Waals surface area contributed by atoms with Crippen LogP contribution in [0, 0.1) is 17.7 Å². The molecule has 0 radical (unpaired) electrons. The lowest BCUT2D eigenvalue weighted by Gasteiger charge is -2.36. The summed E-state index contributed by atoms with van der Waals surface area (Å²) in [6.45, 7) is 6.84. The maximum absolute atomic E-state index is 15.7. The third-order valence-corrected chi connectivity index (χ3v) is 10.0. The molecule has 2 aliphatic carbocycles. The molecule has 1 aromatic heterocycles. The third kappa shape index (κ3) is 8.97. The molecule has 1 saturated heterocycles. The first-order chi connectivity index (χ1) is 22.6. The Bertz CT molecular complexity index is 1410. The fourth-order valence-electron chi connectivity index (χ4n) is 6.79. The van der Waals surface area contributed by atoms with Crippen molar-refractivity contribution in [1.82, 2.24) is 30.2 Å². The second-order valence-corrected chi connectivity index (χ2v) is 13.6. The van der Waals surface area contributed by atoms with Crippen molar-refractivity contribution in [1.29, 1.82) is 0 Å². The zero-order chi connectivity index (χ0) is 33.5. The van der Waals surface area contributed by atoms with E-state index in [-0.39, 0.29) is 23.4 Å². The van der Waals surface area contributed by atoms with Gasteiger partial charge in [0, 0.05) is 51.3 Å². The number of likely N-dealkylation sites (N-methyl/N-ethyl adjacent to an activating group) is 1. The molecule has 0 spiro atoms. The summed E-state index contributed by atoms with van der Waals surface area (Å²) in [5, 5.41) is 12.8. The maximum atomic E-state index is 15.7. The highest BCUT2D eigenvalue weighted by atomic mass is 19.1. The molecule has 5 rings (SSSR count). The van der Waals surface area contributed by atoms with E-state index < -0.39 is 35.6 Å². The van der Waals surface area contributed by atoms with Crippen molar-refractivity contribution >= 4 is 29.3 Å². The molecule has 2 heterocycles. The third-order valence-electron chi connectivity index (χ3n) is 10.0.